The highest BCUT2D eigenvalue weighted by Crippen LogP contribution is 2.28. The Morgan fingerprint density at radius 2 is 1.83 bits per heavy atom. The topological polar surface area (TPSA) is 46.8 Å². The van der Waals surface area contributed by atoms with Crippen LogP contribution in [0, 0.1) is 0 Å². The van der Waals surface area contributed by atoms with Crippen molar-refractivity contribution in [2.24, 2.45) is 0 Å². The fraction of sp³-hybridized carbons (Fsp3) is 0.588. The van der Waals surface area contributed by atoms with E-state index in [0.717, 1.165) is 17.3 Å². The van der Waals surface area contributed by atoms with E-state index in [1.54, 1.807) is 6.20 Å². The average Bonchev–Trinajstić information content (AvgIpc) is 2.98. The Kier molecular flexibility index (Phi) is 5.40. The number of thioether (sulfide) groups is 2. The van der Waals surface area contributed by atoms with Crippen LogP contribution in [0.4, 0.5) is 0 Å². The summed E-state index contributed by atoms with van der Waals surface area (Å²) in [5, 5.41) is 8.72. The molecule has 0 N–H and O–H groups in total. The van der Waals surface area contributed by atoms with Gasteiger partial charge in [-0.3, -0.25) is 9.88 Å². The van der Waals surface area contributed by atoms with E-state index in [1.165, 1.54) is 48.9 Å². The third-order valence-corrected chi connectivity index (χ3v) is 7.33. The summed E-state index contributed by atoms with van der Waals surface area (Å²) in [6, 6.07) is 5.21. The Morgan fingerprint density at radius 3 is 2.54 bits per heavy atom. The minimum atomic E-state index is 0.477. The number of aromatic nitrogens is 4. The van der Waals surface area contributed by atoms with Crippen LogP contribution in [-0.2, 0) is 0 Å². The van der Waals surface area contributed by atoms with Gasteiger partial charge in [-0.1, -0.05) is 5.21 Å². The van der Waals surface area contributed by atoms with Crippen molar-refractivity contribution in [3.8, 4) is 11.3 Å². The SMILES string of the molecule is c1cncc(-c2cn(C3CCN(C4CSCCSC4)CC3)nn2)c1. The Hall–Kier alpha value is -1.05. The summed E-state index contributed by atoms with van der Waals surface area (Å²) in [6.45, 7) is 2.36. The van der Waals surface area contributed by atoms with Crippen LogP contribution in [0.15, 0.2) is 30.7 Å². The molecule has 2 aromatic rings. The first kappa shape index (κ1) is 16.4. The maximum absolute atomic E-state index is 4.38. The van der Waals surface area contributed by atoms with Crippen LogP contribution in [0.2, 0.25) is 0 Å². The van der Waals surface area contributed by atoms with Gasteiger partial charge in [-0.05, 0) is 25.0 Å². The minimum absolute atomic E-state index is 0.477. The molecule has 0 radical (unpaired) electrons. The molecule has 0 saturated carbocycles. The van der Waals surface area contributed by atoms with E-state index in [-0.39, 0.29) is 0 Å². The smallest absolute Gasteiger partial charge is 0.114 e. The van der Waals surface area contributed by atoms with Gasteiger partial charge < -0.3 is 0 Å². The van der Waals surface area contributed by atoms with Crippen molar-refractivity contribution in [2.75, 3.05) is 36.1 Å². The van der Waals surface area contributed by atoms with Crippen LogP contribution in [0.25, 0.3) is 11.3 Å². The Morgan fingerprint density at radius 1 is 1.04 bits per heavy atom. The molecule has 7 heteroatoms. The van der Waals surface area contributed by atoms with E-state index in [2.05, 4.69) is 54.6 Å². The number of nitrogens with zero attached hydrogens (tertiary/aromatic N) is 5. The summed E-state index contributed by atoms with van der Waals surface area (Å²) in [6.07, 6.45) is 8.05. The predicted octanol–water partition coefficient (Wildman–Crippen LogP) is 2.83. The van der Waals surface area contributed by atoms with E-state index < -0.39 is 0 Å². The maximum Gasteiger partial charge on any atom is 0.114 e. The molecular weight excluding hydrogens is 338 g/mol. The van der Waals surface area contributed by atoms with E-state index in [1.807, 2.05) is 18.3 Å². The first-order valence-electron chi connectivity index (χ1n) is 8.62. The van der Waals surface area contributed by atoms with Crippen molar-refractivity contribution in [1.29, 1.82) is 0 Å². The Labute approximate surface area is 151 Å². The van der Waals surface area contributed by atoms with E-state index in [9.17, 15) is 0 Å². The molecule has 2 saturated heterocycles. The molecule has 0 aliphatic carbocycles. The van der Waals surface area contributed by atoms with Crippen LogP contribution >= 0.6 is 23.5 Å². The highest BCUT2D eigenvalue weighted by molar-refractivity contribution is 8.03. The molecule has 2 aliphatic heterocycles. The van der Waals surface area contributed by atoms with Crippen molar-refractivity contribution in [1.82, 2.24) is 24.9 Å². The molecule has 128 valence electrons. The molecule has 4 rings (SSSR count). The van der Waals surface area contributed by atoms with Crippen molar-refractivity contribution < 1.29 is 0 Å². The van der Waals surface area contributed by atoms with Crippen LogP contribution in [0.3, 0.4) is 0 Å². The quantitative estimate of drug-likeness (QED) is 0.838. The Bertz CT molecular complexity index is 631. The van der Waals surface area contributed by atoms with Gasteiger partial charge in [-0.15, -0.1) is 5.10 Å². The van der Waals surface area contributed by atoms with Gasteiger partial charge in [0.2, 0.25) is 0 Å². The van der Waals surface area contributed by atoms with Gasteiger partial charge in [-0.2, -0.15) is 23.5 Å². The number of rotatable bonds is 3. The standard InChI is InChI=1S/C17H23N5S2/c1-2-14(10-18-5-1)17-11-22(20-19-17)15-3-6-21(7-4-15)16-12-23-8-9-24-13-16/h1-2,5,10-11,15-16H,3-4,6-9,12-13H2. The number of piperidine rings is 1. The maximum atomic E-state index is 4.38. The average molecular weight is 362 g/mol. The molecular formula is C17H23N5S2. The van der Waals surface area contributed by atoms with Gasteiger partial charge in [0.05, 0.1) is 12.2 Å². The van der Waals surface area contributed by atoms with Gasteiger partial charge in [0.1, 0.15) is 5.69 Å². The minimum Gasteiger partial charge on any atom is -0.299 e. The molecule has 0 aromatic carbocycles. The van der Waals surface area contributed by atoms with Crippen molar-refractivity contribution in [3.05, 3.63) is 30.7 Å². The zero-order chi connectivity index (χ0) is 16.2. The lowest BCUT2D eigenvalue weighted by atomic mass is 10.0. The largest absolute Gasteiger partial charge is 0.299 e. The zero-order valence-electron chi connectivity index (χ0n) is 13.8. The zero-order valence-corrected chi connectivity index (χ0v) is 15.4. The highest BCUT2D eigenvalue weighted by atomic mass is 32.2. The predicted molar refractivity (Wildman–Crippen MR) is 102 cm³/mol. The number of hydrogen-bond acceptors (Lipinski definition) is 6. The fourth-order valence-corrected chi connectivity index (χ4v) is 6.06. The van der Waals surface area contributed by atoms with E-state index >= 15 is 0 Å². The fourth-order valence-electron chi connectivity index (χ4n) is 3.43. The molecule has 2 aromatic heterocycles. The lowest BCUT2D eigenvalue weighted by molar-refractivity contribution is 0.150. The lowest BCUT2D eigenvalue weighted by Gasteiger charge is -2.36. The van der Waals surface area contributed by atoms with Crippen LogP contribution in [0.5, 0.6) is 0 Å². The molecule has 24 heavy (non-hydrogen) atoms. The van der Waals surface area contributed by atoms with Crippen LogP contribution < -0.4 is 0 Å². The monoisotopic (exact) mass is 361 g/mol. The van der Waals surface area contributed by atoms with Gasteiger partial charge in [0, 0.05) is 60.1 Å². The molecule has 2 aliphatic rings. The van der Waals surface area contributed by atoms with Gasteiger partial charge in [0.15, 0.2) is 0 Å². The molecule has 0 amide bonds. The second-order valence-electron chi connectivity index (χ2n) is 6.40. The third-order valence-electron chi connectivity index (χ3n) is 4.85. The molecule has 0 bridgehead atoms. The highest BCUT2D eigenvalue weighted by Gasteiger charge is 2.27. The summed E-state index contributed by atoms with van der Waals surface area (Å²) in [4.78, 5) is 6.86. The number of likely N-dealkylation sites (tertiary alicyclic amines) is 1. The van der Waals surface area contributed by atoms with Gasteiger partial charge >= 0.3 is 0 Å². The van der Waals surface area contributed by atoms with Crippen LogP contribution in [0.1, 0.15) is 18.9 Å². The molecule has 5 nitrogen and oxygen atoms in total. The molecule has 0 atom stereocenters. The number of pyridine rings is 1. The van der Waals surface area contributed by atoms with Crippen molar-refractivity contribution >= 4 is 23.5 Å². The van der Waals surface area contributed by atoms with Gasteiger partial charge in [0.25, 0.3) is 0 Å². The second kappa shape index (κ2) is 7.89. The second-order valence-corrected chi connectivity index (χ2v) is 8.70. The first-order valence-corrected chi connectivity index (χ1v) is 10.9. The molecule has 0 unspecified atom stereocenters. The lowest BCUT2D eigenvalue weighted by Crippen LogP contribution is -2.44. The molecule has 2 fully saturated rings. The van der Waals surface area contributed by atoms with Crippen molar-refractivity contribution in [3.63, 3.8) is 0 Å². The first-order chi connectivity index (χ1) is 11.9. The van der Waals surface area contributed by atoms with E-state index in [4.69, 9.17) is 0 Å². The summed E-state index contributed by atoms with van der Waals surface area (Å²) < 4.78 is 2.07. The Balaban J connectivity index is 1.37. The molecule has 4 heterocycles. The number of hydrogen-bond donors (Lipinski definition) is 0. The van der Waals surface area contributed by atoms with Crippen LogP contribution in [-0.4, -0.2) is 67.0 Å². The third kappa shape index (κ3) is 3.78. The molecule has 0 spiro atoms. The summed E-state index contributed by atoms with van der Waals surface area (Å²) >= 11 is 4.24. The summed E-state index contributed by atoms with van der Waals surface area (Å²) in [5.41, 5.74) is 1.95. The van der Waals surface area contributed by atoms with E-state index in [0.29, 0.717) is 6.04 Å². The normalized spacial score (nSPS) is 21.7. The summed E-state index contributed by atoms with van der Waals surface area (Å²) in [7, 11) is 0. The van der Waals surface area contributed by atoms with Crippen molar-refractivity contribution in [2.45, 2.75) is 24.9 Å². The summed E-state index contributed by atoms with van der Waals surface area (Å²) in [5.74, 6) is 5.22. The van der Waals surface area contributed by atoms with Gasteiger partial charge in [-0.25, -0.2) is 4.68 Å².